The summed E-state index contributed by atoms with van der Waals surface area (Å²) in [5, 5.41) is 1.52. The van der Waals surface area contributed by atoms with Gasteiger partial charge >= 0.3 is 5.97 Å². The molecule has 0 aromatic heterocycles. The first-order chi connectivity index (χ1) is 13.1. The molecule has 1 unspecified atom stereocenters. The third-order valence-corrected chi connectivity index (χ3v) is 5.24. The number of ether oxygens (including phenoxy) is 1. The fourth-order valence-corrected chi connectivity index (χ4v) is 3.51. The Hall–Kier alpha value is -1.91. The molecule has 0 amide bonds. The van der Waals surface area contributed by atoms with Gasteiger partial charge in [-0.25, -0.2) is 4.79 Å². The predicted molar refractivity (Wildman–Crippen MR) is 115 cm³/mol. The van der Waals surface area contributed by atoms with E-state index < -0.39 is 0 Å². The second-order valence-corrected chi connectivity index (χ2v) is 7.70. The minimum absolute atomic E-state index is 0.325. The van der Waals surface area contributed by atoms with Gasteiger partial charge in [-0.2, -0.15) is 0 Å². The first kappa shape index (κ1) is 19.8. The number of hydrogen-bond donors (Lipinski definition) is 0. The molecule has 2 aromatic rings. The van der Waals surface area contributed by atoms with Crippen molar-refractivity contribution in [1.82, 2.24) is 0 Å². The predicted octanol–water partition coefficient (Wildman–Crippen LogP) is 6.15. The first-order valence-electron chi connectivity index (χ1n) is 8.88. The fourth-order valence-electron chi connectivity index (χ4n) is 3.01. The lowest BCUT2D eigenvalue weighted by atomic mass is 9.87. The summed E-state index contributed by atoms with van der Waals surface area (Å²) in [7, 11) is 1.40. The maximum atomic E-state index is 11.9. The summed E-state index contributed by atoms with van der Waals surface area (Å²) in [6.07, 6.45) is 7.10. The molecule has 0 radical (unpaired) electrons. The minimum atomic E-state index is -0.325. The van der Waals surface area contributed by atoms with E-state index in [9.17, 15) is 4.79 Å². The number of nitrogens with zero attached hydrogens (tertiary/aromatic N) is 1. The third kappa shape index (κ3) is 5.08. The molecule has 0 heterocycles. The number of alkyl halides is 1. The van der Waals surface area contributed by atoms with Crippen molar-refractivity contribution in [3.8, 4) is 0 Å². The molecular formula is C22H21BrClNO2. The second kappa shape index (κ2) is 9.34. The van der Waals surface area contributed by atoms with Gasteiger partial charge in [0.1, 0.15) is 0 Å². The number of rotatable bonds is 7. The molecule has 0 spiro atoms. The van der Waals surface area contributed by atoms with Crippen molar-refractivity contribution in [2.75, 3.05) is 12.4 Å². The van der Waals surface area contributed by atoms with Gasteiger partial charge in [-0.3, -0.25) is 4.99 Å². The summed E-state index contributed by atoms with van der Waals surface area (Å²) in [5.41, 5.74) is 4.55. The lowest BCUT2D eigenvalue weighted by Crippen LogP contribution is -2.09. The van der Waals surface area contributed by atoms with Gasteiger partial charge in [0.15, 0.2) is 0 Å². The molecule has 1 aliphatic carbocycles. The largest absolute Gasteiger partial charge is 0.465 e. The van der Waals surface area contributed by atoms with E-state index in [4.69, 9.17) is 21.3 Å². The fraction of sp³-hybridized carbons (Fsp3) is 0.273. The normalized spacial score (nSPS) is 16.1. The molecular weight excluding hydrogens is 426 g/mol. The van der Waals surface area contributed by atoms with Crippen molar-refractivity contribution < 1.29 is 9.53 Å². The number of hydrogen-bond acceptors (Lipinski definition) is 3. The Morgan fingerprint density at radius 1 is 1.22 bits per heavy atom. The van der Waals surface area contributed by atoms with Crippen LogP contribution >= 0.6 is 27.5 Å². The van der Waals surface area contributed by atoms with Gasteiger partial charge in [-0.1, -0.05) is 51.8 Å². The van der Waals surface area contributed by atoms with Gasteiger partial charge in [0, 0.05) is 16.1 Å². The van der Waals surface area contributed by atoms with Crippen LogP contribution < -0.4 is 0 Å². The number of carbonyl (C=O) groups excluding carboxylic acids is 1. The van der Waals surface area contributed by atoms with Gasteiger partial charge in [-0.05, 0) is 66.6 Å². The van der Waals surface area contributed by atoms with E-state index in [1.165, 1.54) is 7.11 Å². The van der Waals surface area contributed by atoms with Crippen LogP contribution in [0.4, 0.5) is 5.69 Å². The number of esters is 1. The Balaban J connectivity index is 2.00. The van der Waals surface area contributed by atoms with Crippen molar-refractivity contribution >= 4 is 44.9 Å². The van der Waals surface area contributed by atoms with Gasteiger partial charge in [-0.15, -0.1) is 0 Å². The monoisotopic (exact) mass is 445 g/mol. The molecule has 0 saturated heterocycles. The summed E-state index contributed by atoms with van der Waals surface area (Å²) in [6, 6.07) is 13.3. The molecule has 0 saturated carbocycles. The maximum absolute atomic E-state index is 11.9. The summed E-state index contributed by atoms with van der Waals surface area (Å²) in [5.74, 6) is 0.177. The van der Waals surface area contributed by atoms with E-state index in [-0.39, 0.29) is 5.97 Å². The van der Waals surface area contributed by atoms with E-state index in [0.717, 1.165) is 47.1 Å². The van der Waals surface area contributed by atoms with Gasteiger partial charge < -0.3 is 4.74 Å². The first-order valence-corrected chi connectivity index (χ1v) is 10.4. The quantitative estimate of drug-likeness (QED) is 0.221. The highest BCUT2D eigenvalue weighted by molar-refractivity contribution is 9.09. The lowest BCUT2D eigenvalue weighted by Gasteiger charge is -2.19. The van der Waals surface area contributed by atoms with Crippen molar-refractivity contribution in [3.05, 3.63) is 76.3 Å². The van der Waals surface area contributed by atoms with Gasteiger partial charge in [0.2, 0.25) is 0 Å². The highest BCUT2D eigenvalue weighted by Gasteiger charge is 2.16. The molecule has 27 heavy (non-hydrogen) atoms. The zero-order valence-corrected chi connectivity index (χ0v) is 17.5. The Kier molecular flexibility index (Phi) is 6.86. The van der Waals surface area contributed by atoms with Crippen molar-refractivity contribution in [3.63, 3.8) is 0 Å². The standard InChI is InChI=1S/C22H21BrClNO2/c1-27-22(26)17-7-10-20(18(14-17)13-15-3-2-4-15)25-21(11-12-23)16-5-8-19(24)9-6-16/h2-3,5-10,14-15H,4,11-13H2,1H3. The molecule has 5 heteroatoms. The van der Waals surface area contributed by atoms with E-state index >= 15 is 0 Å². The van der Waals surface area contributed by atoms with E-state index in [1.54, 1.807) is 6.07 Å². The van der Waals surface area contributed by atoms with E-state index in [0.29, 0.717) is 16.5 Å². The molecule has 1 atom stereocenters. The molecule has 1 aliphatic rings. The average molecular weight is 447 g/mol. The third-order valence-electron chi connectivity index (χ3n) is 4.59. The van der Waals surface area contributed by atoms with Crippen molar-refractivity contribution in [2.24, 2.45) is 10.9 Å². The minimum Gasteiger partial charge on any atom is -0.465 e. The highest BCUT2D eigenvalue weighted by Crippen LogP contribution is 2.30. The smallest absolute Gasteiger partial charge is 0.337 e. The van der Waals surface area contributed by atoms with Gasteiger partial charge in [0.05, 0.1) is 18.4 Å². The van der Waals surface area contributed by atoms with Crippen molar-refractivity contribution in [1.29, 1.82) is 0 Å². The Bertz CT molecular complexity index is 874. The molecule has 140 valence electrons. The molecule has 0 aliphatic heterocycles. The molecule has 0 fully saturated rings. The zero-order valence-electron chi connectivity index (χ0n) is 15.1. The molecule has 3 rings (SSSR count). The Morgan fingerprint density at radius 3 is 2.52 bits per heavy atom. The molecule has 3 nitrogen and oxygen atoms in total. The van der Waals surface area contributed by atoms with Crippen LogP contribution in [0.1, 0.15) is 34.3 Å². The van der Waals surface area contributed by atoms with Crippen LogP contribution in [0.2, 0.25) is 5.02 Å². The molecule has 0 N–H and O–H groups in total. The maximum Gasteiger partial charge on any atom is 0.337 e. The van der Waals surface area contributed by atoms with Crippen LogP contribution in [0.25, 0.3) is 0 Å². The van der Waals surface area contributed by atoms with Crippen LogP contribution in [0, 0.1) is 5.92 Å². The van der Waals surface area contributed by atoms with E-state index in [2.05, 4.69) is 28.1 Å². The summed E-state index contributed by atoms with van der Waals surface area (Å²) < 4.78 is 4.87. The van der Waals surface area contributed by atoms with Crippen molar-refractivity contribution in [2.45, 2.75) is 19.3 Å². The number of halogens is 2. The van der Waals surface area contributed by atoms with Crippen LogP contribution in [0.15, 0.2) is 59.6 Å². The number of aliphatic imine (C=N–C) groups is 1. The number of allylic oxidation sites excluding steroid dienone is 2. The number of benzene rings is 2. The van der Waals surface area contributed by atoms with Crippen LogP contribution in [-0.4, -0.2) is 24.1 Å². The number of carbonyl (C=O) groups is 1. The highest BCUT2D eigenvalue weighted by atomic mass is 79.9. The SMILES string of the molecule is COC(=O)c1ccc(N=C(CCBr)c2ccc(Cl)cc2)c(CC2C=CC2)c1. The average Bonchev–Trinajstić information content (AvgIpc) is 2.65. The summed E-state index contributed by atoms with van der Waals surface area (Å²) >= 11 is 9.54. The molecule has 2 aromatic carbocycles. The second-order valence-electron chi connectivity index (χ2n) is 6.47. The lowest BCUT2D eigenvalue weighted by molar-refractivity contribution is 0.0600. The summed E-state index contributed by atoms with van der Waals surface area (Å²) in [6.45, 7) is 0. The van der Waals surface area contributed by atoms with Crippen LogP contribution in [0.3, 0.4) is 0 Å². The van der Waals surface area contributed by atoms with Crippen LogP contribution in [-0.2, 0) is 11.2 Å². The van der Waals surface area contributed by atoms with E-state index in [1.807, 2.05) is 36.4 Å². The Morgan fingerprint density at radius 2 is 1.93 bits per heavy atom. The van der Waals surface area contributed by atoms with Crippen LogP contribution in [0.5, 0.6) is 0 Å². The number of methoxy groups -OCH3 is 1. The zero-order chi connectivity index (χ0) is 19.2. The summed E-state index contributed by atoms with van der Waals surface area (Å²) in [4.78, 5) is 16.9. The Labute approximate surface area is 173 Å². The molecule has 0 bridgehead atoms. The van der Waals surface area contributed by atoms with Gasteiger partial charge in [0.25, 0.3) is 0 Å². The topological polar surface area (TPSA) is 38.7 Å².